The Morgan fingerprint density at radius 2 is 1.42 bits per heavy atom. The minimum absolute atomic E-state index is 0. The van der Waals surface area contributed by atoms with Crippen molar-refractivity contribution in [1.29, 1.82) is 0 Å². The number of benzene rings is 2. The zero-order chi connectivity index (χ0) is 17.3. The van der Waals surface area contributed by atoms with E-state index >= 15 is 0 Å². The van der Waals surface area contributed by atoms with Gasteiger partial charge >= 0.3 is 163 Å². The van der Waals surface area contributed by atoms with E-state index in [2.05, 4.69) is 45.9 Å². The Morgan fingerprint density at radius 3 is 2.04 bits per heavy atom. The van der Waals surface area contributed by atoms with Crippen LogP contribution in [0.3, 0.4) is 0 Å². The van der Waals surface area contributed by atoms with Gasteiger partial charge in [-0.15, -0.1) is 0 Å². The fraction of sp³-hybridized carbons (Fsp3) is 0.478. The SMILES string of the molecule is CCCCc1cc2c(cc1C)Cc1c-2cc(CCCC)c(C)[c]1[Zr+2].[Cl-].[Cl-]. The van der Waals surface area contributed by atoms with Gasteiger partial charge in [0.15, 0.2) is 0 Å². The number of rotatable bonds is 6. The van der Waals surface area contributed by atoms with Crippen molar-refractivity contribution in [2.75, 3.05) is 0 Å². The summed E-state index contributed by atoms with van der Waals surface area (Å²) in [7, 11) is 0. The maximum Gasteiger partial charge on any atom is -1.00 e. The predicted molar refractivity (Wildman–Crippen MR) is 101 cm³/mol. The average molecular weight is 468 g/mol. The van der Waals surface area contributed by atoms with E-state index in [1.165, 1.54) is 49.7 Å². The van der Waals surface area contributed by atoms with Crippen LogP contribution in [0.4, 0.5) is 0 Å². The molecule has 0 radical (unpaired) electrons. The summed E-state index contributed by atoms with van der Waals surface area (Å²) in [6, 6.07) is 7.51. The first-order valence-corrected chi connectivity index (χ1v) is 10.8. The number of hydrogen-bond acceptors (Lipinski definition) is 0. The summed E-state index contributed by atoms with van der Waals surface area (Å²) in [5.74, 6) is 0. The quantitative estimate of drug-likeness (QED) is 0.469. The first-order chi connectivity index (χ1) is 11.6. The maximum atomic E-state index is 2.53. The molecule has 0 saturated heterocycles. The normalized spacial score (nSPS) is 11.5. The van der Waals surface area contributed by atoms with Gasteiger partial charge in [0.05, 0.1) is 0 Å². The largest absolute Gasteiger partial charge is 1.00 e. The van der Waals surface area contributed by atoms with Gasteiger partial charge in [-0.3, -0.25) is 0 Å². The summed E-state index contributed by atoms with van der Waals surface area (Å²) < 4.78 is 1.62. The van der Waals surface area contributed by atoms with Gasteiger partial charge < -0.3 is 24.8 Å². The third-order valence-electron chi connectivity index (χ3n) is 5.62. The number of unbranched alkanes of at least 4 members (excludes halogenated alkanes) is 2. The van der Waals surface area contributed by atoms with Crippen LogP contribution in [-0.4, -0.2) is 0 Å². The Balaban J connectivity index is 0.00000169. The molecule has 0 unspecified atom stereocenters. The van der Waals surface area contributed by atoms with Crippen LogP contribution in [0.1, 0.15) is 72.9 Å². The molecule has 0 saturated carbocycles. The van der Waals surface area contributed by atoms with Gasteiger partial charge in [0.1, 0.15) is 0 Å². The minimum Gasteiger partial charge on any atom is -1.00 e. The van der Waals surface area contributed by atoms with Crippen LogP contribution in [0.2, 0.25) is 0 Å². The molecule has 0 amide bonds. The predicted octanol–water partition coefficient (Wildman–Crippen LogP) is -0.260. The molecular formula is C23H29Cl2Zr. The molecule has 0 nitrogen and oxygen atoms in total. The first-order valence-electron chi connectivity index (χ1n) is 9.56. The van der Waals surface area contributed by atoms with Gasteiger partial charge in [0.25, 0.3) is 0 Å². The molecule has 26 heavy (non-hydrogen) atoms. The Hall–Kier alpha value is -0.0969. The van der Waals surface area contributed by atoms with Crippen molar-refractivity contribution in [2.45, 2.75) is 72.6 Å². The van der Waals surface area contributed by atoms with Crippen LogP contribution in [0, 0.1) is 13.8 Å². The van der Waals surface area contributed by atoms with Crippen molar-refractivity contribution in [3.63, 3.8) is 0 Å². The summed E-state index contributed by atoms with van der Waals surface area (Å²) in [4.78, 5) is 0. The van der Waals surface area contributed by atoms with Crippen molar-refractivity contribution in [1.82, 2.24) is 0 Å². The molecule has 0 bridgehead atoms. The molecule has 0 aromatic heterocycles. The second-order valence-electron chi connectivity index (χ2n) is 7.38. The molecule has 3 rings (SSSR count). The van der Waals surface area contributed by atoms with Crippen molar-refractivity contribution >= 4 is 3.27 Å². The van der Waals surface area contributed by atoms with Gasteiger partial charge in [-0.2, -0.15) is 0 Å². The van der Waals surface area contributed by atoms with E-state index in [4.69, 9.17) is 0 Å². The Bertz CT molecular complexity index is 766. The maximum absolute atomic E-state index is 2.53. The molecule has 0 fully saturated rings. The number of halogens is 2. The molecular weight excluding hydrogens is 438 g/mol. The minimum atomic E-state index is 0. The Labute approximate surface area is 187 Å². The van der Waals surface area contributed by atoms with E-state index in [0.29, 0.717) is 0 Å². The van der Waals surface area contributed by atoms with Gasteiger partial charge in [-0.1, -0.05) is 0 Å². The molecule has 1 aliphatic rings. The summed E-state index contributed by atoms with van der Waals surface area (Å²) in [5, 5.41) is 0. The zero-order valence-corrected chi connectivity index (χ0v) is 20.4. The fourth-order valence-electron chi connectivity index (χ4n) is 3.98. The Kier molecular flexibility index (Phi) is 9.62. The molecule has 3 heteroatoms. The summed E-state index contributed by atoms with van der Waals surface area (Å²) in [6.45, 7) is 9.22. The second kappa shape index (κ2) is 10.4. The average Bonchev–Trinajstić information content (AvgIpc) is 2.92. The number of hydrogen-bond donors (Lipinski definition) is 0. The third-order valence-corrected chi connectivity index (χ3v) is 7.28. The summed E-state index contributed by atoms with van der Waals surface area (Å²) in [6.07, 6.45) is 8.76. The summed E-state index contributed by atoms with van der Waals surface area (Å²) >= 11 is 1.58. The second-order valence-corrected chi connectivity index (χ2v) is 8.61. The van der Waals surface area contributed by atoms with E-state index in [0.717, 1.165) is 6.42 Å². The van der Waals surface area contributed by atoms with Crippen LogP contribution < -0.4 is 28.1 Å². The summed E-state index contributed by atoms with van der Waals surface area (Å²) in [5.41, 5.74) is 12.5. The zero-order valence-electron chi connectivity index (χ0n) is 16.4. The third kappa shape index (κ3) is 4.65. The van der Waals surface area contributed by atoms with Crippen LogP contribution in [0.5, 0.6) is 0 Å². The van der Waals surface area contributed by atoms with Crippen LogP contribution in [0.15, 0.2) is 18.2 Å². The van der Waals surface area contributed by atoms with Gasteiger partial charge in [-0.25, -0.2) is 0 Å². The molecule has 2 aromatic rings. The van der Waals surface area contributed by atoms with Crippen molar-refractivity contribution in [3.8, 4) is 11.1 Å². The molecule has 0 aliphatic heterocycles. The smallest absolute Gasteiger partial charge is 1.00 e. The van der Waals surface area contributed by atoms with Crippen molar-refractivity contribution < 1.29 is 49.5 Å². The molecule has 2 aromatic carbocycles. The Morgan fingerprint density at radius 1 is 0.846 bits per heavy atom. The van der Waals surface area contributed by atoms with E-state index in [-0.39, 0.29) is 24.8 Å². The van der Waals surface area contributed by atoms with Crippen molar-refractivity contribution in [3.05, 3.63) is 51.6 Å². The molecule has 0 heterocycles. The topological polar surface area (TPSA) is 0 Å². The molecule has 1 aliphatic carbocycles. The van der Waals surface area contributed by atoms with Crippen LogP contribution in [-0.2, 0) is 44.0 Å². The van der Waals surface area contributed by atoms with Gasteiger partial charge in [-0.05, 0) is 0 Å². The molecule has 0 N–H and O–H groups in total. The van der Waals surface area contributed by atoms with E-state index in [1.54, 1.807) is 61.4 Å². The monoisotopic (exact) mass is 465 g/mol. The molecule has 139 valence electrons. The van der Waals surface area contributed by atoms with Crippen LogP contribution in [0.25, 0.3) is 11.1 Å². The number of fused-ring (bicyclic) bond motifs is 3. The number of aryl methyl sites for hydroxylation is 3. The fourth-order valence-corrected chi connectivity index (χ4v) is 4.92. The van der Waals surface area contributed by atoms with Crippen LogP contribution >= 0.6 is 0 Å². The van der Waals surface area contributed by atoms with E-state index in [1.807, 2.05) is 0 Å². The molecule has 0 spiro atoms. The van der Waals surface area contributed by atoms with Gasteiger partial charge in [0, 0.05) is 0 Å². The van der Waals surface area contributed by atoms with Crippen molar-refractivity contribution in [2.24, 2.45) is 0 Å². The van der Waals surface area contributed by atoms with E-state index in [9.17, 15) is 0 Å². The first kappa shape index (κ1) is 23.9. The standard InChI is InChI=1S/C23H29.2ClH.Zr/c1-5-7-9-18-14-22-20(11-16(18)3)13-21-12-17(4)19(10-8-6-2)15-23(21)22;;;/h11,14-15H,5-10,13H2,1-4H3;2*1H;/q;;;+2/p-2. The molecule has 0 atom stereocenters. The van der Waals surface area contributed by atoms with Gasteiger partial charge in [0.2, 0.25) is 0 Å². The van der Waals surface area contributed by atoms with E-state index < -0.39 is 0 Å².